The van der Waals surface area contributed by atoms with Crippen LogP contribution in [0.4, 0.5) is 11.4 Å². The van der Waals surface area contributed by atoms with Crippen LogP contribution in [-0.2, 0) is 16.4 Å². The summed E-state index contributed by atoms with van der Waals surface area (Å²) in [4.78, 5) is 15.3. The number of methoxy groups -OCH3 is 2. The molecular weight excluding hydrogens is 436 g/mol. The molecule has 0 fully saturated rings. The lowest BCUT2D eigenvalue weighted by Gasteiger charge is -2.29. The molecule has 1 amide bonds. The van der Waals surface area contributed by atoms with Crippen molar-refractivity contribution in [3.05, 3.63) is 64.4 Å². The molecule has 4 rings (SSSR count). The first-order chi connectivity index (χ1) is 14.9. The van der Waals surface area contributed by atoms with Crippen molar-refractivity contribution >= 4 is 38.6 Å². The maximum atomic E-state index is 13.0. The number of nitrogens with zero attached hydrogens (tertiary/aromatic N) is 1. The van der Waals surface area contributed by atoms with Crippen LogP contribution in [0.25, 0.3) is 0 Å². The first-order valence-electron chi connectivity index (χ1n) is 9.66. The number of fused-ring (bicyclic) bond motifs is 1. The highest BCUT2D eigenvalue weighted by Gasteiger charge is 2.26. The molecule has 0 bridgehead atoms. The van der Waals surface area contributed by atoms with Gasteiger partial charge in [-0.25, -0.2) is 8.42 Å². The van der Waals surface area contributed by atoms with Gasteiger partial charge in [-0.2, -0.15) is 0 Å². The summed E-state index contributed by atoms with van der Waals surface area (Å²) in [6, 6.07) is 13.5. The zero-order chi connectivity index (χ0) is 22.0. The Hall–Kier alpha value is -3.04. The van der Waals surface area contributed by atoms with Crippen molar-refractivity contribution in [1.29, 1.82) is 0 Å². The number of sulfonamides is 1. The van der Waals surface area contributed by atoms with Gasteiger partial charge in [0.2, 0.25) is 0 Å². The predicted molar refractivity (Wildman–Crippen MR) is 121 cm³/mol. The molecular formula is C22H22N2O5S2. The monoisotopic (exact) mass is 458 g/mol. The molecule has 7 nitrogen and oxygen atoms in total. The molecule has 2 aromatic carbocycles. The zero-order valence-corrected chi connectivity index (χ0v) is 18.8. The van der Waals surface area contributed by atoms with Crippen LogP contribution in [0.1, 0.15) is 21.7 Å². The molecule has 0 atom stereocenters. The van der Waals surface area contributed by atoms with Gasteiger partial charge in [0.05, 0.1) is 19.1 Å². The van der Waals surface area contributed by atoms with Crippen LogP contribution in [0.15, 0.2) is 58.8 Å². The van der Waals surface area contributed by atoms with Gasteiger partial charge < -0.3 is 14.4 Å². The van der Waals surface area contributed by atoms with Crippen LogP contribution in [0.2, 0.25) is 0 Å². The van der Waals surface area contributed by atoms with E-state index in [9.17, 15) is 13.2 Å². The number of nitrogens with one attached hydrogen (secondary N) is 1. The van der Waals surface area contributed by atoms with E-state index in [1.54, 1.807) is 35.2 Å². The number of carbonyl (C=O) groups excluding carboxylic acids is 1. The number of rotatable bonds is 6. The molecule has 1 aliphatic rings. The molecule has 1 N–H and O–H groups in total. The standard InChI is InChI=1S/C22H22N2O5S2/c1-28-17-8-10-19(29-2)21(14-17)31(26,27)23-16-7-9-18-15(13-16)5-3-11-24(18)22(25)20-6-4-12-30-20/h4,6-10,12-14,23H,3,5,11H2,1-2H3. The minimum Gasteiger partial charge on any atom is -0.497 e. The third-order valence-corrected chi connectivity index (χ3v) is 7.35. The summed E-state index contributed by atoms with van der Waals surface area (Å²) in [5.74, 6) is 0.596. The lowest BCUT2D eigenvalue weighted by atomic mass is 10.0. The topological polar surface area (TPSA) is 84.9 Å². The largest absolute Gasteiger partial charge is 0.497 e. The molecule has 162 valence electrons. The second-order valence-electron chi connectivity index (χ2n) is 7.00. The molecule has 2 heterocycles. The molecule has 0 radical (unpaired) electrons. The third kappa shape index (κ3) is 4.24. The molecule has 9 heteroatoms. The van der Waals surface area contributed by atoms with Crippen LogP contribution in [0.5, 0.6) is 11.5 Å². The van der Waals surface area contributed by atoms with Crippen LogP contribution in [-0.4, -0.2) is 35.1 Å². The first-order valence-corrected chi connectivity index (χ1v) is 12.0. The van der Waals surface area contributed by atoms with Gasteiger partial charge in [0.25, 0.3) is 15.9 Å². The number of ether oxygens (including phenoxy) is 2. The van der Waals surface area contributed by atoms with E-state index in [1.807, 2.05) is 17.5 Å². The summed E-state index contributed by atoms with van der Waals surface area (Å²) in [6.07, 6.45) is 1.58. The summed E-state index contributed by atoms with van der Waals surface area (Å²) in [6.45, 7) is 0.635. The van der Waals surface area contributed by atoms with E-state index in [-0.39, 0.29) is 16.6 Å². The Morgan fingerprint density at radius 3 is 2.65 bits per heavy atom. The fourth-order valence-electron chi connectivity index (χ4n) is 3.61. The summed E-state index contributed by atoms with van der Waals surface area (Å²) >= 11 is 1.41. The Balaban J connectivity index is 1.63. The quantitative estimate of drug-likeness (QED) is 0.600. The van der Waals surface area contributed by atoms with E-state index in [4.69, 9.17) is 9.47 Å². The van der Waals surface area contributed by atoms with Gasteiger partial charge in [0.15, 0.2) is 0 Å². The van der Waals surface area contributed by atoms with Gasteiger partial charge in [-0.05, 0) is 60.2 Å². The summed E-state index contributed by atoms with van der Waals surface area (Å²) in [7, 11) is -1.03. The van der Waals surface area contributed by atoms with E-state index in [0.29, 0.717) is 22.9 Å². The number of hydrogen-bond donors (Lipinski definition) is 1. The summed E-state index contributed by atoms with van der Waals surface area (Å²) in [5.41, 5.74) is 2.16. The maximum Gasteiger partial charge on any atom is 0.268 e. The molecule has 0 saturated heterocycles. The van der Waals surface area contributed by atoms with Crippen molar-refractivity contribution in [2.24, 2.45) is 0 Å². The second-order valence-corrected chi connectivity index (χ2v) is 9.60. The second kappa shape index (κ2) is 8.60. The summed E-state index contributed by atoms with van der Waals surface area (Å²) < 4.78 is 39.1. The Labute approximate surface area is 185 Å². The summed E-state index contributed by atoms with van der Waals surface area (Å²) in [5, 5.41) is 1.88. The lowest BCUT2D eigenvalue weighted by Crippen LogP contribution is -2.35. The third-order valence-electron chi connectivity index (χ3n) is 5.09. The van der Waals surface area contributed by atoms with Crippen molar-refractivity contribution in [2.75, 3.05) is 30.4 Å². The Morgan fingerprint density at radius 1 is 1.10 bits per heavy atom. The number of amides is 1. The van der Waals surface area contributed by atoms with Gasteiger partial charge >= 0.3 is 0 Å². The van der Waals surface area contributed by atoms with Crippen molar-refractivity contribution in [3.8, 4) is 11.5 Å². The van der Waals surface area contributed by atoms with E-state index in [0.717, 1.165) is 24.1 Å². The molecule has 0 saturated carbocycles. The molecule has 31 heavy (non-hydrogen) atoms. The van der Waals surface area contributed by atoms with Crippen LogP contribution < -0.4 is 19.1 Å². The number of aryl methyl sites for hydroxylation is 1. The van der Waals surface area contributed by atoms with E-state index < -0.39 is 10.0 Å². The fraction of sp³-hybridized carbons (Fsp3) is 0.227. The minimum atomic E-state index is -3.91. The SMILES string of the molecule is COc1ccc(OC)c(S(=O)(=O)Nc2ccc3c(c2)CCCN3C(=O)c2cccs2)c1. The van der Waals surface area contributed by atoms with Crippen LogP contribution >= 0.6 is 11.3 Å². The van der Waals surface area contributed by atoms with E-state index >= 15 is 0 Å². The number of carbonyl (C=O) groups is 1. The average molecular weight is 459 g/mol. The lowest BCUT2D eigenvalue weighted by molar-refractivity contribution is 0.0989. The molecule has 3 aromatic rings. The van der Waals surface area contributed by atoms with Crippen LogP contribution in [0.3, 0.4) is 0 Å². The highest BCUT2D eigenvalue weighted by molar-refractivity contribution is 7.92. The number of benzene rings is 2. The Bertz CT molecular complexity index is 1210. The molecule has 1 aromatic heterocycles. The van der Waals surface area contributed by atoms with Gasteiger partial charge in [0, 0.05) is 24.0 Å². The molecule has 1 aliphatic heterocycles. The van der Waals surface area contributed by atoms with Crippen molar-refractivity contribution in [3.63, 3.8) is 0 Å². The van der Waals surface area contributed by atoms with E-state index in [1.165, 1.54) is 31.6 Å². The van der Waals surface area contributed by atoms with Crippen molar-refractivity contribution in [2.45, 2.75) is 17.7 Å². The highest BCUT2D eigenvalue weighted by atomic mass is 32.2. The predicted octanol–water partition coefficient (Wildman–Crippen LogP) is 4.16. The Morgan fingerprint density at radius 2 is 1.94 bits per heavy atom. The smallest absolute Gasteiger partial charge is 0.268 e. The number of hydrogen-bond acceptors (Lipinski definition) is 6. The van der Waals surface area contributed by atoms with Gasteiger partial charge in [-0.1, -0.05) is 6.07 Å². The van der Waals surface area contributed by atoms with Gasteiger partial charge in [-0.15, -0.1) is 11.3 Å². The maximum absolute atomic E-state index is 13.0. The molecule has 0 spiro atoms. The van der Waals surface area contributed by atoms with Gasteiger partial charge in [0.1, 0.15) is 16.4 Å². The van der Waals surface area contributed by atoms with Gasteiger partial charge in [-0.3, -0.25) is 9.52 Å². The number of anilines is 2. The average Bonchev–Trinajstić information content (AvgIpc) is 3.32. The van der Waals surface area contributed by atoms with E-state index in [2.05, 4.69) is 4.72 Å². The van der Waals surface area contributed by atoms with Crippen LogP contribution in [0, 0.1) is 0 Å². The van der Waals surface area contributed by atoms with Crippen molar-refractivity contribution in [1.82, 2.24) is 0 Å². The Kier molecular flexibility index (Phi) is 5.88. The molecule has 0 aliphatic carbocycles. The normalized spacial score (nSPS) is 13.4. The number of thiophene rings is 1. The minimum absolute atomic E-state index is 0.0124. The highest BCUT2D eigenvalue weighted by Crippen LogP contribution is 2.34. The fourth-order valence-corrected chi connectivity index (χ4v) is 5.52. The zero-order valence-electron chi connectivity index (χ0n) is 17.1. The first kappa shape index (κ1) is 21.2. The van der Waals surface area contributed by atoms with Crippen molar-refractivity contribution < 1.29 is 22.7 Å². The molecule has 0 unspecified atom stereocenters.